The number of sulfonamides is 1. The van der Waals surface area contributed by atoms with E-state index in [9.17, 15) is 8.42 Å². The lowest BCUT2D eigenvalue weighted by Crippen LogP contribution is -2.13. The average molecular weight is 335 g/mol. The normalized spacial score (nSPS) is 11.4. The van der Waals surface area contributed by atoms with Crippen molar-refractivity contribution in [1.82, 2.24) is 10.2 Å². The fraction of sp³-hybridized carbons (Fsp3) is 0. The minimum absolute atomic E-state index is 0.0990. The van der Waals surface area contributed by atoms with Crippen molar-refractivity contribution in [1.29, 1.82) is 0 Å². The van der Waals surface area contributed by atoms with Gasteiger partial charge in [0, 0.05) is 10.2 Å². The van der Waals surface area contributed by atoms with E-state index in [1.54, 1.807) is 0 Å². The average Bonchev–Trinajstić information content (AvgIpc) is 2.68. The highest BCUT2D eigenvalue weighted by Crippen LogP contribution is 2.26. The van der Waals surface area contributed by atoms with Gasteiger partial charge in [-0.1, -0.05) is 11.3 Å². The monoisotopic (exact) mass is 334 g/mol. The highest BCUT2D eigenvalue weighted by atomic mass is 79.9. The summed E-state index contributed by atoms with van der Waals surface area (Å²) in [5.74, 6) is 0. The van der Waals surface area contributed by atoms with E-state index in [1.807, 2.05) is 0 Å². The van der Waals surface area contributed by atoms with Gasteiger partial charge in [-0.15, -0.1) is 10.2 Å². The zero-order chi connectivity index (χ0) is 12.5. The number of benzene rings is 1. The number of rotatable bonds is 3. The molecule has 0 spiro atoms. The van der Waals surface area contributed by atoms with E-state index in [1.165, 1.54) is 23.7 Å². The Morgan fingerprint density at radius 1 is 1.41 bits per heavy atom. The summed E-state index contributed by atoms with van der Waals surface area (Å²) < 4.78 is 26.7. The summed E-state index contributed by atoms with van der Waals surface area (Å²) in [6, 6.07) is 4.46. The van der Waals surface area contributed by atoms with Gasteiger partial charge in [-0.2, -0.15) is 0 Å². The molecule has 0 saturated heterocycles. The van der Waals surface area contributed by atoms with Gasteiger partial charge in [0.05, 0.1) is 0 Å². The molecule has 0 saturated carbocycles. The molecule has 17 heavy (non-hydrogen) atoms. The molecule has 0 atom stereocenters. The highest BCUT2D eigenvalue weighted by Gasteiger charge is 2.18. The van der Waals surface area contributed by atoms with Gasteiger partial charge in [-0.05, 0) is 34.1 Å². The van der Waals surface area contributed by atoms with E-state index in [0.717, 1.165) is 11.3 Å². The summed E-state index contributed by atoms with van der Waals surface area (Å²) in [5, 5.41) is 7.38. The molecular formula is C8H7BrN4O2S2. The van der Waals surface area contributed by atoms with Gasteiger partial charge in [-0.25, -0.2) is 8.42 Å². The van der Waals surface area contributed by atoms with Crippen LogP contribution in [-0.4, -0.2) is 18.6 Å². The van der Waals surface area contributed by atoms with Crippen LogP contribution in [0.5, 0.6) is 0 Å². The molecule has 0 aliphatic rings. The predicted octanol–water partition coefficient (Wildman–Crippen LogP) is 1.68. The molecule has 1 aromatic heterocycles. The molecule has 3 N–H and O–H groups in total. The number of nitrogens with one attached hydrogen (secondary N) is 1. The number of aromatic nitrogens is 2. The molecule has 1 heterocycles. The van der Waals surface area contributed by atoms with Gasteiger partial charge in [-0.3, -0.25) is 4.72 Å². The first-order valence-electron chi connectivity index (χ1n) is 4.33. The van der Waals surface area contributed by atoms with Crippen molar-refractivity contribution in [2.75, 3.05) is 10.5 Å². The third-order valence-corrected chi connectivity index (χ3v) is 4.88. The summed E-state index contributed by atoms with van der Waals surface area (Å²) >= 11 is 4.26. The summed E-state index contributed by atoms with van der Waals surface area (Å²) in [6.45, 7) is 0. The molecule has 9 heteroatoms. The van der Waals surface area contributed by atoms with Crippen LogP contribution < -0.4 is 10.5 Å². The Kier molecular flexibility index (Phi) is 3.31. The van der Waals surface area contributed by atoms with Crippen LogP contribution in [0.25, 0.3) is 0 Å². The van der Waals surface area contributed by atoms with Gasteiger partial charge in [0.1, 0.15) is 10.4 Å². The lowest BCUT2D eigenvalue weighted by atomic mass is 10.3. The van der Waals surface area contributed by atoms with Gasteiger partial charge in [0.15, 0.2) is 0 Å². The van der Waals surface area contributed by atoms with Crippen molar-refractivity contribution in [3.05, 3.63) is 28.2 Å². The van der Waals surface area contributed by atoms with Crippen LogP contribution in [0.3, 0.4) is 0 Å². The van der Waals surface area contributed by atoms with Crippen LogP contribution in [0.1, 0.15) is 0 Å². The Balaban J connectivity index is 2.38. The number of nitrogens with two attached hydrogens (primary N) is 1. The quantitative estimate of drug-likeness (QED) is 0.832. The highest BCUT2D eigenvalue weighted by molar-refractivity contribution is 9.10. The minimum Gasteiger partial charge on any atom is -0.399 e. The molecule has 90 valence electrons. The van der Waals surface area contributed by atoms with Crippen molar-refractivity contribution in [3.8, 4) is 0 Å². The fourth-order valence-corrected chi connectivity index (χ4v) is 3.91. The number of anilines is 2. The van der Waals surface area contributed by atoms with E-state index < -0.39 is 10.0 Å². The zero-order valence-electron chi connectivity index (χ0n) is 8.29. The molecule has 0 radical (unpaired) electrons. The lowest BCUT2D eigenvalue weighted by Gasteiger charge is -2.07. The van der Waals surface area contributed by atoms with Crippen molar-refractivity contribution in [2.24, 2.45) is 0 Å². The minimum atomic E-state index is -3.68. The van der Waals surface area contributed by atoms with E-state index in [4.69, 9.17) is 5.73 Å². The summed E-state index contributed by atoms with van der Waals surface area (Å²) in [4.78, 5) is 0.0990. The summed E-state index contributed by atoms with van der Waals surface area (Å²) in [5.41, 5.74) is 7.46. The van der Waals surface area contributed by atoms with Gasteiger partial charge < -0.3 is 5.73 Å². The van der Waals surface area contributed by atoms with E-state index >= 15 is 0 Å². The van der Waals surface area contributed by atoms with Crippen LogP contribution in [0.15, 0.2) is 33.1 Å². The van der Waals surface area contributed by atoms with Crippen LogP contribution in [0.2, 0.25) is 0 Å². The molecule has 1 aromatic carbocycles. The van der Waals surface area contributed by atoms with E-state index in [0.29, 0.717) is 10.2 Å². The second-order valence-electron chi connectivity index (χ2n) is 3.04. The summed E-state index contributed by atoms with van der Waals surface area (Å²) in [6.07, 6.45) is 0. The number of hydrogen-bond acceptors (Lipinski definition) is 6. The van der Waals surface area contributed by atoms with Crippen molar-refractivity contribution >= 4 is 48.1 Å². The predicted molar refractivity (Wildman–Crippen MR) is 69.3 cm³/mol. The zero-order valence-corrected chi connectivity index (χ0v) is 11.5. The molecule has 0 fully saturated rings. The Hall–Kier alpha value is -1.19. The lowest BCUT2D eigenvalue weighted by molar-refractivity contribution is 0.600. The fourth-order valence-electron chi connectivity index (χ4n) is 1.12. The molecule has 0 amide bonds. The maximum atomic E-state index is 12.0. The standard InChI is InChI=1S/C8H7BrN4O2S2/c9-6-3-5(10)1-2-7(6)17(14,15)13-8-12-11-4-16-8/h1-4H,10H2,(H,12,13). The number of nitrogen functional groups attached to an aromatic ring is 1. The number of hydrogen-bond donors (Lipinski definition) is 2. The third-order valence-electron chi connectivity index (χ3n) is 1.83. The van der Waals surface area contributed by atoms with E-state index in [2.05, 4.69) is 30.8 Å². The van der Waals surface area contributed by atoms with Crippen molar-refractivity contribution < 1.29 is 8.42 Å². The molecule has 0 bridgehead atoms. The molecule has 0 aliphatic carbocycles. The topological polar surface area (TPSA) is 98.0 Å². The Morgan fingerprint density at radius 2 is 2.18 bits per heavy atom. The maximum absolute atomic E-state index is 12.0. The van der Waals surface area contributed by atoms with Gasteiger partial charge >= 0.3 is 0 Å². The third kappa shape index (κ3) is 2.73. The second kappa shape index (κ2) is 4.59. The molecule has 6 nitrogen and oxygen atoms in total. The first-order chi connectivity index (χ1) is 7.99. The maximum Gasteiger partial charge on any atom is 0.264 e. The van der Waals surface area contributed by atoms with Crippen molar-refractivity contribution in [2.45, 2.75) is 4.90 Å². The Labute approximate surface area is 110 Å². The molecular weight excluding hydrogens is 328 g/mol. The first-order valence-corrected chi connectivity index (χ1v) is 7.48. The largest absolute Gasteiger partial charge is 0.399 e. The smallest absolute Gasteiger partial charge is 0.264 e. The van der Waals surface area contributed by atoms with Crippen LogP contribution in [0.4, 0.5) is 10.8 Å². The van der Waals surface area contributed by atoms with Crippen LogP contribution >= 0.6 is 27.3 Å². The Bertz CT molecular complexity index is 627. The molecule has 2 aromatic rings. The van der Waals surface area contributed by atoms with Crippen LogP contribution in [-0.2, 0) is 10.0 Å². The Morgan fingerprint density at radius 3 is 2.76 bits per heavy atom. The molecule has 2 rings (SSSR count). The number of halogens is 1. The SMILES string of the molecule is Nc1ccc(S(=O)(=O)Nc2nncs2)c(Br)c1. The van der Waals surface area contributed by atoms with Gasteiger partial charge in [0.25, 0.3) is 10.0 Å². The van der Waals surface area contributed by atoms with E-state index in [-0.39, 0.29) is 10.0 Å². The first kappa shape index (κ1) is 12.3. The second-order valence-corrected chi connectivity index (χ2v) is 6.38. The number of nitrogens with zero attached hydrogens (tertiary/aromatic N) is 2. The van der Waals surface area contributed by atoms with Gasteiger partial charge in [0.2, 0.25) is 5.13 Å². The molecule has 0 aliphatic heterocycles. The van der Waals surface area contributed by atoms with Crippen molar-refractivity contribution in [3.63, 3.8) is 0 Å². The van der Waals surface area contributed by atoms with Crippen LogP contribution in [0, 0.1) is 0 Å². The molecule has 0 unspecified atom stereocenters. The summed E-state index contributed by atoms with van der Waals surface area (Å²) in [7, 11) is -3.68.